The average Bonchev–Trinajstić information content (AvgIpc) is 2.87. The van der Waals surface area contributed by atoms with Gasteiger partial charge < -0.3 is 10.3 Å². The number of rotatable bonds is 7. The van der Waals surface area contributed by atoms with E-state index in [9.17, 15) is 0 Å². The minimum absolute atomic E-state index is 0.498. The number of nitrogens with one attached hydrogen (secondary N) is 2. The Morgan fingerprint density at radius 3 is 2.89 bits per heavy atom. The van der Waals surface area contributed by atoms with Gasteiger partial charge >= 0.3 is 0 Å². The topological polar surface area (TPSA) is 66.5 Å². The zero-order chi connectivity index (χ0) is 13.7. The van der Waals surface area contributed by atoms with E-state index in [1.807, 2.05) is 0 Å². The Kier molecular flexibility index (Phi) is 5.15. The fourth-order valence-electron chi connectivity index (χ4n) is 1.84. The van der Waals surface area contributed by atoms with Crippen LogP contribution in [0.25, 0.3) is 11.2 Å². The van der Waals surface area contributed by atoms with E-state index in [2.05, 4.69) is 46.0 Å². The van der Waals surface area contributed by atoms with Crippen molar-refractivity contribution in [2.45, 2.75) is 38.3 Å². The molecule has 0 aliphatic heterocycles. The molecule has 1 atom stereocenters. The lowest BCUT2D eigenvalue weighted by Gasteiger charge is -2.21. The van der Waals surface area contributed by atoms with Crippen LogP contribution in [-0.2, 0) is 0 Å². The first-order valence-corrected chi connectivity index (χ1v) is 7.71. The summed E-state index contributed by atoms with van der Waals surface area (Å²) >= 11 is 1.76. The fraction of sp³-hybridized carbons (Fsp3) is 0.615. The summed E-state index contributed by atoms with van der Waals surface area (Å²) in [5.41, 5.74) is 1.67. The second kappa shape index (κ2) is 6.86. The third-order valence-electron chi connectivity index (χ3n) is 3.05. The molecule has 2 N–H and O–H groups in total. The van der Waals surface area contributed by atoms with Crippen molar-refractivity contribution in [3.05, 3.63) is 12.7 Å². The molecular weight excluding hydrogens is 258 g/mol. The van der Waals surface area contributed by atoms with Crippen molar-refractivity contribution in [2.75, 3.05) is 12.3 Å². The van der Waals surface area contributed by atoms with Gasteiger partial charge in [0.05, 0.1) is 6.33 Å². The molecular formula is C13H21N5S. The largest absolute Gasteiger partial charge is 0.341 e. The normalized spacial score (nSPS) is 13.3. The molecule has 104 valence electrons. The first-order valence-electron chi connectivity index (χ1n) is 6.72. The molecule has 2 aromatic rings. The van der Waals surface area contributed by atoms with E-state index in [1.54, 1.807) is 24.4 Å². The molecule has 1 unspecified atom stereocenters. The number of aromatic nitrogens is 4. The molecule has 0 radical (unpaired) electrons. The van der Waals surface area contributed by atoms with E-state index in [0.717, 1.165) is 34.9 Å². The van der Waals surface area contributed by atoms with Crippen molar-refractivity contribution < 1.29 is 0 Å². The third-order valence-corrected chi connectivity index (χ3v) is 4.16. The average molecular weight is 279 g/mol. The van der Waals surface area contributed by atoms with E-state index in [1.165, 1.54) is 0 Å². The van der Waals surface area contributed by atoms with Gasteiger partial charge in [-0.3, -0.25) is 0 Å². The summed E-state index contributed by atoms with van der Waals surface area (Å²) in [6, 6.07) is 0.498. The Bertz CT molecular complexity index is 510. The summed E-state index contributed by atoms with van der Waals surface area (Å²) in [5, 5.41) is 4.57. The monoisotopic (exact) mass is 279 g/mol. The fourth-order valence-corrected chi connectivity index (χ4v) is 3.09. The molecule has 2 rings (SSSR count). The highest BCUT2D eigenvalue weighted by Gasteiger charge is 2.14. The van der Waals surface area contributed by atoms with Gasteiger partial charge in [0.2, 0.25) is 0 Å². The zero-order valence-electron chi connectivity index (χ0n) is 11.7. The maximum Gasteiger partial charge on any atom is 0.181 e. The van der Waals surface area contributed by atoms with Gasteiger partial charge in [0, 0.05) is 11.8 Å². The highest BCUT2D eigenvalue weighted by atomic mass is 32.2. The lowest BCUT2D eigenvalue weighted by atomic mass is 10.1. The summed E-state index contributed by atoms with van der Waals surface area (Å²) in [5.74, 6) is 1.61. The smallest absolute Gasteiger partial charge is 0.181 e. The molecule has 0 saturated heterocycles. The summed E-state index contributed by atoms with van der Waals surface area (Å²) in [4.78, 5) is 15.7. The van der Waals surface area contributed by atoms with Gasteiger partial charge in [0.1, 0.15) is 16.9 Å². The standard InChI is InChI=1S/C13H21N5S/c1-4-5-14-10(9(2)3)6-19-13-11-12(16-7-15-11)17-8-18-13/h7-10,14H,4-6H2,1-3H3,(H,15,16,17,18). The van der Waals surface area contributed by atoms with Crippen LogP contribution in [0.15, 0.2) is 17.7 Å². The van der Waals surface area contributed by atoms with Gasteiger partial charge in [0.15, 0.2) is 5.65 Å². The molecule has 0 aliphatic rings. The van der Waals surface area contributed by atoms with Gasteiger partial charge in [-0.05, 0) is 18.9 Å². The van der Waals surface area contributed by atoms with Crippen LogP contribution in [0.5, 0.6) is 0 Å². The molecule has 0 fully saturated rings. The summed E-state index contributed by atoms with van der Waals surface area (Å²) in [6.45, 7) is 7.75. The minimum Gasteiger partial charge on any atom is -0.341 e. The molecule has 0 saturated carbocycles. The summed E-state index contributed by atoms with van der Waals surface area (Å²) < 4.78 is 0. The summed E-state index contributed by atoms with van der Waals surface area (Å²) in [7, 11) is 0. The lowest BCUT2D eigenvalue weighted by Crippen LogP contribution is -2.36. The van der Waals surface area contributed by atoms with Crippen LogP contribution in [0.2, 0.25) is 0 Å². The van der Waals surface area contributed by atoms with E-state index in [-0.39, 0.29) is 0 Å². The van der Waals surface area contributed by atoms with Gasteiger partial charge in [-0.1, -0.05) is 20.8 Å². The predicted octanol–water partition coefficient (Wildman–Crippen LogP) is 2.47. The van der Waals surface area contributed by atoms with E-state index < -0.39 is 0 Å². The van der Waals surface area contributed by atoms with Crippen molar-refractivity contribution in [2.24, 2.45) is 5.92 Å². The van der Waals surface area contributed by atoms with Crippen molar-refractivity contribution in [1.82, 2.24) is 25.3 Å². The number of hydrogen-bond acceptors (Lipinski definition) is 5. The van der Waals surface area contributed by atoms with Gasteiger partial charge in [-0.15, -0.1) is 11.8 Å². The summed E-state index contributed by atoms with van der Waals surface area (Å²) in [6.07, 6.45) is 4.40. The van der Waals surface area contributed by atoms with Gasteiger partial charge in [-0.2, -0.15) is 0 Å². The SMILES string of the molecule is CCCNC(CSc1ncnc2nc[nH]c12)C(C)C. The zero-order valence-corrected chi connectivity index (χ0v) is 12.5. The molecule has 6 heteroatoms. The Morgan fingerprint density at radius 1 is 1.32 bits per heavy atom. The van der Waals surface area contributed by atoms with Crippen LogP contribution in [0, 0.1) is 5.92 Å². The molecule has 19 heavy (non-hydrogen) atoms. The molecule has 0 amide bonds. The van der Waals surface area contributed by atoms with E-state index in [0.29, 0.717) is 12.0 Å². The molecule has 0 spiro atoms. The van der Waals surface area contributed by atoms with E-state index >= 15 is 0 Å². The second-order valence-electron chi connectivity index (χ2n) is 4.90. The quantitative estimate of drug-likeness (QED) is 0.602. The van der Waals surface area contributed by atoms with Crippen LogP contribution in [0.3, 0.4) is 0 Å². The highest BCUT2D eigenvalue weighted by molar-refractivity contribution is 7.99. The Balaban J connectivity index is 2.02. The van der Waals surface area contributed by atoms with Gasteiger partial charge in [0.25, 0.3) is 0 Å². The first kappa shape index (κ1) is 14.3. The molecule has 5 nitrogen and oxygen atoms in total. The number of imidazole rings is 1. The van der Waals surface area contributed by atoms with Crippen LogP contribution >= 0.6 is 11.8 Å². The maximum absolute atomic E-state index is 4.34. The number of nitrogens with zero attached hydrogens (tertiary/aromatic N) is 3. The first-order chi connectivity index (χ1) is 9.22. The van der Waals surface area contributed by atoms with Crippen molar-refractivity contribution >= 4 is 22.9 Å². The maximum atomic E-state index is 4.34. The molecule has 2 heterocycles. The van der Waals surface area contributed by atoms with Crippen LogP contribution in [0.1, 0.15) is 27.2 Å². The number of thioether (sulfide) groups is 1. The number of H-pyrrole nitrogens is 1. The van der Waals surface area contributed by atoms with Crippen LogP contribution < -0.4 is 5.32 Å². The highest BCUT2D eigenvalue weighted by Crippen LogP contribution is 2.23. The molecule has 0 aliphatic carbocycles. The Labute approximate surface area is 118 Å². The van der Waals surface area contributed by atoms with Gasteiger partial charge in [-0.25, -0.2) is 15.0 Å². The number of aromatic amines is 1. The van der Waals surface area contributed by atoms with Crippen molar-refractivity contribution in [3.63, 3.8) is 0 Å². The Morgan fingerprint density at radius 2 is 2.16 bits per heavy atom. The van der Waals surface area contributed by atoms with E-state index in [4.69, 9.17) is 0 Å². The third kappa shape index (κ3) is 3.67. The van der Waals surface area contributed by atoms with Crippen molar-refractivity contribution in [3.8, 4) is 0 Å². The van der Waals surface area contributed by atoms with Crippen LogP contribution in [-0.4, -0.2) is 38.3 Å². The second-order valence-corrected chi connectivity index (χ2v) is 5.90. The predicted molar refractivity (Wildman–Crippen MR) is 79.3 cm³/mol. The van der Waals surface area contributed by atoms with Crippen molar-refractivity contribution in [1.29, 1.82) is 0 Å². The molecule has 0 aromatic carbocycles. The van der Waals surface area contributed by atoms with Crippen LogP contribution in [0.4, 0.5) is 0 Å². The number of hydrogen-bond donors (Lipinski definition) is 2. The minimum atomic E-state index is 0.498. The Hall–Kier alpha value is -1.14. The molecule has 0 bridgehead atoms. The lowest BCUT2D eigenvalue weighted by molar-refractivity contribution is 0.434. The number of fused-ring (bicyclic) bond motifs is 1. The molecule has 2 aromatic heterocycles.